The van der Waals surface area contributed by atoms with E-state index in [1.807, 2.05) is 0 Å². The van der Waals surface area contributed by atoms with Gasteiger partial charge in [0.15, 0.2) is 11.6 Å². The van der Waals surface area contributed by atoms with E-state index in [0.29, 0.717) is 12.4 Å². The lowest BCUT2D eigenvalue weighted by Gasteiger charge is -2.49. The summed E-state index contributed by atoms with van der Waals surface area (Å²) in [6, 6.07) is 13.7. The number of anilines is 1. The third kappa shape index (κ3) is 4.51. The Morgan fingerprint density at radius 3 is 2.46 bits per heavy atom. The van der Waals surface area contributed by atoms with E-state index in [0.717, 1.165) is 58.8 Å². The maximum Gasteiger partial charge on any atom is 0.165 e. The van der Waals surface area contributed by atoms with Gasteiger partial charge >= 0.3 is 0 Å². The van der Waals surface area contributed by atoms with E-state index in [1.54, 1.807) is 12.3 Å². The first-order valence-electron chi connectivity index (χ1n) is 10.2. The van der Waals surface area contributed by atoms with Crippen molar-refractivity contribution in [2.75, 3.05) is 51.3 Å². The van der Waals surface area contributed by atoms with Crippen LogP contribution in [-0.2, 0) is 11.3 Å². The summed E-state index contributed by atoms with van der Waals surface area (Å²) in [5.74, 6) is 0.0495. The predicted molar refractivity (Wildman–Crippen MR) is 109 cm³/mol. The molecular weight excluding hydrogens is 355 g/mol. The Hall–Kier alpha value is -2.02. The first-order valence-corrected chi connectivity index (χ1v) is 10.2. The van der Waals surface area contributed by atoms with Crippen LogP contribution in [0.5, 0.6) is 0 Å². The van der Waals surface area contributed by atoms with Gasteiger partial charge in [-0.1, -0.05) is 30.3 Å². The molecule has 0 atom stereocenters. The lowest BCUT2D eigenvalue weighted by atomic mass is 9.87. The molecule has 0 aliphatic carbocycles. The van der Waals surface area contributed by atoms with Crippen molar-refractivity contribution in [2.24, 2.45) is 0 Å². The zero-order valence-corrected chi connectivity index (χ0v) is 16.3. The number of nitrogens with zero attached hydrogens (tertiary/aromatic N) is 3. The normalized spacial score (nSPS) is 20.8. The summed E-state index contributed by atoms with van der Waals surface area (Å²) in [4.78, 5) is 9.26. The van der Waals surface area contributed by atoms with Crippen molar-refractivity contribution >= 4 is 5.82 Å². The van der Waals surface area contributed by atoms with Crippen LogP contribution < -0.4 is 5.32 Å². The summed E-state index contributed by atoms with van der Waals surface area (Å²) in [6.45, 7) is 7.38. The highest BCUT2D eigenvalue weighted by Crippen LogP contribution is 2.30. The molecule has 0 saturated carbocycles. The van der Waals surface area contributed by atoms with Crippen molar-refractivity contribution < 1.29 is 9.13 Å². The molecule has 1 N–H and O–H groups in total. The van der Waals surface area contributed by atoms with Crippen molar-refractivity contribution in [3.05, 3.63) is 60.0 Å². The zero-order valence-electron chi connectivity index (χ0n) is 16.3. The zero-order chi connectivity index (χ0) is 19.2. The number of hydrogen-bond donors (Lipinski definition) is 1. The van der Waals surface area contributed by atoms with E-state index in [2.05, 4.69) is 50.4 Å². The van der Waals surface area contributed by atoms with Crippen LogP contribution in [0.25, 0.3) is 0 Å². The topological polar surface area (TPSA) is 40.6 Å². The summed E-state index contributed by atoms with van der Waals surface area (Å²) < 4.78 is 19.6. The monoisotopic (exact) mass is 384 g/mol. The van der Waals surface area contributed by atoms with Crippen LogP contribution in [0.1, 0.15) is 18.4 Å². The first kappa shape index (κ1) is 19.3. The smallest absolute Gasteiger partial charge is 0.165 e. The Labute approximate surface area is 166 Å². The van der Waals surface area contributed by atoms with Gasteiger partial charge in [-0.3, -0.25) is 9.80 Å². The molecule has 2 aromatic rings. The molecule has 0 bridgehead atoms. The van der Waals surface area contributed by atoms with Gasteiger partial charge in [0.25, 0.3) is 0 Å². The SMILES string of the molecule is Fc1cccnc1NCC1(N2CCN(Cc3ccccc3)CC2)CCOCC1. The summed E-state index contributed by atoms with van der Waals surface area (Å²) >= 11 is 0. The average molecular weight is 384 g/mol. The van der Waals surface area contributed by atoms with E-state index >= 15 is 0 Å². The molecule has 0 amide bonds. The number of benzene rings is 1. The molecule has 2 fully saturated rings. The molecule has 0 spiro atoms. The molecule has 3 heterocycles. The molecule has 6 heteroatoms. The Kier molecular flexibility index (Phi) is 6.20. The number of piperazine rings is 1. The van der Waals surface area contributed by atoms with Crippen molar-refractivity contribution in [2.45, 2.75) is 24.9 Å². The van der Waals surface area contributed by atoms with Crippen molar-refractivity contribution in [1.82, 2.24) is 14.8 Å². The molecule has 2 saturated heterocycles. The van der Waals surface area contributed by atoms with Crippen LogP contribution in [-0.4, -0.2) is 66.3 Å². The molecule has 150 valence electrons. The third-order valence-corrected chi connectivity index (χ3v) is 6.06. The molecule has 5 nitrogen and oxygen atoms in total. The highest BCUT2D eigenvalue weighted by atomic mass is 19.1. The Bertz CT molecular complexity index is 743. The van der Waals surface area contributed by atoms with Gasteiger partial charge in [-0.2, -0.15) is 0 Å². The van der Waals surface area contributed by atoms with Crippen LogP contribution >= 0.6 is 0 Å². The van der Waals surface area contributed by atoms with Gasteiger partial charge in [-0.25, -0.2) is 9.37 Å². The Morgan fingerprint density at radius 1 is 1.00 bits per heavy atom. The highest BCUT2D eigenvalue weighted by molar-refractivity contribution is 5.36. The Morgan fingerprint density at radius 2 is 1.75 bits per heavy atom. The van der Waals surface area contributed by atoms with Crippen molar-refractivity contribution in [3.8, 4) is 0 Å². The van der Waals surface area contributed by atoms with Crippen LogP contribution in [0.15, 0.2) is 48.7 Å². The first-order chi connectivity index (χ1) is 13.8. The minimum Gasteiger partial charge on any atom is -0.381 e. The maximum atomic E-state index is 14.0. The summed E-state index contributed by atoms with van der Waals surface area (Å²) in [5, 5.41) is 3.27. The van der Waals surface area contributed by atoms with E-state index < -0.39 is 0 Å². The molecule has 28 heavy (non-hydrogen) atoms. The number of ether oxygens (including phenoxy) is 1. The van der Waals surface area contributed by atoms with Crippen LogP contribution in [0.2, 0.25) is 0 Å². The number of aromatic nitrogens is 1. The predicted octanol–water partition coefficient (Wildman–Crippen LogP) is 3.00. The number of hydrogen-bond acceptors (Lipinski definition) is 5. The third-order valence-electron chi connectivity index (χ3n) is 6.06. The minimum atomic E-state index is -0.294. The van der Waals surface area contributed by atoms with Gasteiger partial charge in [0.2, 0.25) is 0 Å². The number of rotatable bonds is 6. The minimum absolute atomic E-state index is 0.00104. The molecule has 2 aliphatic rings. The molecule has 4 rings (SSSR count). The van der Waals surface area contributed by atoms with Gasteiger partial charge in [0, 0.05) is 64.2 Å². The van der Waals surface area contributed by atoms with E-state index in [1.165, 1.54) is 11.6 Å². The van der Waals surface area contributed by atoms with Gasteiger partial charge in [0.1, 0.15) is 0 Å². The van der Waals surface area contributed by atoms with E-state index in [4.69, 9.17) is 4.74 Å². The lowest BCUT2D eigenvalue weighted by molar-refractivity contribution is -0.0414. The van der Waals surface area contributed by atoms with Crippen molar-refractivity contribution in [1.29, 1.82) is 0 Å². The maximum absolute atomic E-state index is 14.0. The molecule has 1 aromatic heterocycles. The van der Waals surface area contributed by atoms with Crippen LogP contribution in [0.3, 0.4) is 0 Å². The van der Waals surface area contributed by atoms with E-state index in [-0.39, 0.29) is 11.4 Å². The van der Waals surface area contributed by atoms with Crippen LogP contribution in [0, 0.1) is 5.82 Å². The largest absolute Gasteiger partial charge is 0.381 e. The second-order valence-corrected chi connectivity index (χ2v) is 7.77. The quantitative estimate of drug-likeness (QED) is 0.829. The van der Waals surface area contributed by atoms with Gasteiger partial charge < -0.3 is 10.1 Å². The average Bonchev–Trinajstić information content (AvgIpc) is 2.75. The molecule has 0 unspecified atom stereocenters. The second kappa shape index (κ2) is 8.99. The highest BCUT2D eigenvalue weighted by Gasteiger charge is 2.39. The van der Waals surface area contributed by atoms with Crippen LogP contribution in [0.4, 0.5) is 10.2 Å². The van der Waals surface area contributed by atoms with Gasteiger partial charge in [0.05, 0.1) is 0 Å². The fourth-order valence-electron chi connectivity index (χ4n) is 4.34. The summed E-state index contributed by atoms with van der Waals surface area (Å²) in [5.41, 5.74) is 1.37. The number of pyridine rings is 1. The van der Waals surface area contributed by atoms with E-state index in [9.17, 15) is 4.39 Å². The molecule has 0 radical (unpaired) electrons. The molecule has 1 aromatic carbocycles. The van der Waals surface area contributed by atoms with Crippen molar-refractivity contribution in [3.63, 3.8) is 0 Å². The lowest BCUT2D eigenvalue weighted by Crippen LogP contribution is -2.61. The Balaban J connectivity index is 1.38. The second-order valence-electron chi connectivity index (χ2n) is 7.77. The summed E-state index contributed by atoms with van der Waals surface area (Å²) in [6.07, 6.45) is 3.56. The number of halogens is 1. The number of nitrogens with one attached hydrogen (secondary N) is 1. The fraction of sp³-hybridized carbons (Fsp3) is 0.500. The standard InChI is InChI=1S/C22H29FN4O/c23-20-7-4-10-24-21(20)25-18-22(8-15-28-16-9-22)27-13-11-26(12-14-27)17-19-5-2-1-3-6-19/h1-7,10H,8-9,11-18H2,(H,24,25). The molecular formula is C22H29FN4O. The van der Waals surface area contributed by atoms with Gasteiger partial charge in [-0.05, 0) is 30.5 Å². The summed E-state index contributed by atoms with van der Waals surface area (Å²) in [7, 11) is 0. The molecule has 2 aliphatic heterocycles. The van der Waals surface area contributed by atoms with Gasteiger partial charge in [-0.15, -0.1) is 0 Å². The fourth-order valence-corrected chi connectivity index (χ4v) is 4.34.